The van der Waals surface area contributed by atoms with Crippen LogP contribution in [0.15, 0.2) is 0 Å². The second kappa shape index (κ2) is 3.52. The van der Waals surface area contributed by atoms with Gasteiger partial charge in [0.15, 0.2) is 0 Å². The van der Waals surface area contributed by atoms with Gasteiger partial charge in [0.2, 0.25) is 0 Å². The average Bonchev–Trinajstić information content (AvgIpc) is 2.13. The van der Waals surface area contributed by atoms with Crippen molar-refractivity contribution in [3.63, 3.8) is 0 Å². The Kier molecular flexibility index (Phi) is 2.91. The Bertz CT molecular complexity index is 142. The van der Waals surface area contributed by atoms with Gasteiger partial charge in [-0.1, -0.05) is 12.2 Å². The summed E-state index contributed by atoms with van der Waals surface area (Å²) >= 11 is 8.60. The second-order valence-electron chi connectivity index (χ2n) is 2.31. The summed E-state index contributed by atoms with van der Waals surface area (Å²) in [6.45, 7) is 1.47. The van der Waals surface area contributed by atoms with Crippen molar-refractivity contribution >= 4 is 29.2 Å². The highest BCUT2D eigenvalue weighted by Crippen LogP contribution is 2.05. The Morgan fingerprint density at radius 1 is 1.80 bits per heavy atom. The van der Waals surface area contributed by atoms with Crippen molar-refractivity contribution in [1.82, 2.24) is 10.4 Å². The monoisotopic (exact) mass is 178 g/mol. The molecule has 10 heavy (non-hydrogen) atoms. The van der Waals surface area contributed by atoms with Crippen LogP contribution >= 0.6 is 24.8 Å². The van der Waals surface area contributed by atoms with Gasteiger partial charge in [0.05, 0.1) is 6.10 Å². The van der Waals surface area contributed by atoms with E-state index in [0.717, 1.165) is 13.0 Å². The molecule has 0 bridgehead atoms. The first kappa shape index (κ1) is 8.26. The highest BCUT2D eigenvalue weighted by molar-refractivity contribution is 8.11. The van der Waals surface area contributed by atoms with Crippen LogP contribution in [0, 0.1) is 0 Å². The van der Waals surface area contributed by atoms with Crippen molar-refractivity contribution in [2.24, 2.45) is 0 Å². The molecule has 0 aliphatic carbocycles. The smallest absolute Gasteiger partial charge is 0.145 e. The Labute approximate surface area is 70.8 Å². The number of aliphatic hydroxyl groups excluding tert-OH is 1. The SMILES string of the molecule is O[C@@H]1CCN(NC(=S)S)C1. The van der Waals surface area contributed by atoms with Crippen LogP contribution in [0.2, 0.25) is 0 Å². The summed E-state index contributed by atoms with van der Waals surface area (Å²) in [6.07, 6.45) is 0.596. The molecule has 0 aromatic carbocycles. The molecule has 5 heteroatoms. The molecule has 1 fully saturated rings. The largest absolute Gasteiger partial charge is 0.392 e. The fourth-order valence-corrected chi connectivity index (χ4v) is 1.25. The van der Waals surface area contributed by atoms with Gasteiger partial charge in [0, 0.05) is 13.1 Å². The number of aliphatic hydroxyl groups is 1. The molecule has 0 aromatic rings. The number of β-amino-alcohol motifs (C(OH)–C–C–N with tert-alkyl or cyclic N) is 1. The molecule has 3 nitrogen and oxygen atoms in total. The second-order valence-corrected chi connectivity index (χ2v) is 3.46. The van der Waals surface area contributed by atoms with Gasteiger partial charge in [0.25, 0.3) is 0 Å². The van der Waals surface area contributed by atoms with E-state index in [4.69, 9.17) is 17.3 Å². The summed E-state index contributed by atoms with van der Waals surface area (Å²) in [6, 6.07) is 0. The third-order valence-corrected chi connectivity index (χ3v) is 1.61. The molecular formula is C5H10N2OS2. The number of hydrazine groups is 1. The van der Waals surface area contributed by atoms with E-state index < -0.39 is 0 Å². The Balaban J connectivity index is 2.24. The molecule has 1 rings (SSSR count). The number of thiol groups is 1. The van der Waals surface area contributed by atoms with Gasteiger partial charge >= 0.3 is 0 Å². The van der Waals surface area contributed by atoms with E-state index in [1.54, 1.807) is 0 Å². The summed E-state index contributed by atoms with van der Waals surface area (Å²) in [5, 5.41) is 10.9. The Hall–Kier alpha value is 0.160. The highest BCUT2D eigenvalue weighted by Gasteiger charge is 2.19. The van der Waals surface area contributed by atoms with E-state index in [9.17, 15) is 0 Å². The zero-order valence-electron chi connectivity index (χ0n) is 5.45. The molecule has 1 saturated heterocycles. The van der Waals surface area contributed by atoms with E-state index in [-0.39, 0.29) is 6.10 Å². The summed E-state index contributed by atoms with van der Waals surface area (Å²) in [5.41, 5.74) is 2.84. The van der Waals surface area contributed by atoms with Crippen LogP contribution < -0.4 is 5.43 Å². The van der Waals surface area contributed by atoms with Gasteiger partial charge in [-0.25, -0.2) is 5.01 Å². The normalized spacial score (nSPS) is 26.8. The number of hydrogen-bond donors (Lipinski definition) is 3. The van der Waals surface area contributed by atoms with E-state index >= 15 is 0 Å². The van der Waals surface area contributed by atoms with Crippen molar-refractivity contribution in [2.75, 3.05) is 13.1 Å². The molecule has 0 spiro atoms. The topological polar surface area (TPSA) is 35.5 Å². The zero-order chi connectivity index (χ0) is 7.56. The number of rotatable bonds is 1. The first-order valence-electron chi connectivity index (χ1n) is 3.11. The van der Waals surface area contributed by atoms with Crippen molar-refractivity contribution in [2.45, 2.75) is 12.5 Å². The maximum atomic E-state index is 9.06. The van der Waals surface area contributed by atoms with Crippen molar-refractivity contribution in [3.05, 3.63) is 0 Å². The number of nitrogens with zero attached hydrogens (tertiary/aromatic N) is 1. The van der Waals surface area contributed by atoms with Crippen LogP contribution in [-0.4, -0.2) is 33.6 Å². The predicted molar refractivity (Wildman–Crippen MR) is 46.9 cm³/mol. The molecule has 1 aliphatic heterocycles. The summed E-state index contributed by atoms with van der Waals surface area (Å²) < 4.78 is 0.453. The van der Waals surface area contributed by atoms with Crippen LogP contribution in [-0.2, 0) is 0 Å². The quantitative estimate of drug-likeness (QED) is 0.383. The number of hydrogen-bond acceptors (Lipinski definition) is 3. The maximum Gasteiger partial charge on any atom is 0.145 e. The van der Waals surface area contributed by atoms with Crippen molar-refractivity contribution < 1.29 is 5.11 Å². The van der Waals surface area contributed by atoms with E-state index in [1.807, 2.05) is 5.01 Å². The zero-order valence-corrected chi connectivity index (χ0v) is 7.16. The molecule has 2 N–H and O–H groups in total. The van der Waals surface area contributed by atoms with Gasteiger partial charge in [0.1, 0.15) is 4.32 Å². The van der Waals surface area contributed by atoms with Gasteiger partial charge in [-0.2, -0.15) is 0 Å². The Morgan fingerprint density at radius 2 is 2.50 bits per heavy atom. The fourth-order valence-electron chi connectivity index (χ4n) is 0.979. The van der Waals surface area contributed by atoms with Crippen molar-refractivity contribution in [1.29, 1.82) is 0 Å². The summed E-state index contributed by atoms with van der Waals surface area (Å²) in [7, 11) is 0. The maximum absolute atomic E-state index is 9.06. The Morgan fingerprint density at radius 3 is 2.90 bits per heavy atom. The predicted octanol–water partition coefficient (Wildman–Crippen LogP) is -0.228. The molecular weight excluding hydrogens is 168 g/mol. The molecule has 0 radical (unpaired) electrons. The third-order valence-electron chi connectivity index (χ3n) is 1.42. The van der Waals surface area contributed by atoms with Crippen LogP contribution in [0.5, 0.6) is 0 Å². The van der Waals surface area contributed by atoms with E-state index in [1.165, 1.54) is 0 Å². The van der Waals surface area contributed by atoms with E-state index in [0.29, 0.717) is 10.9 Å². The van der Waals surface area contributed by atoms with E-state index in [2.05, 4.69) is 18.1 Å². The first-order chi connectivity index (χ1) is 4.68. The lowest BCUT2D eigenvalue weighted by Gasteiger charge is -2.15. The minimum absolute atomic E-state index is 0.213. The lowest BCUT2D eigenvalue weighted by atomic mass is 10.3. The van der Waals surface area contributed by atoms with Gasteiger partial charge < -0.3 is 10.5 Å². The lowest BCUT2D eigenvalue weighted by molar-refractivity contribution is 0.169. The van der Waals surface area contributed by atoms with Gasteiger partial charge in [-0.05, 0) is 6.42 Å². The summed E-state index contributed by atoms with van der Waals surface area (Å²) in [5.74, 6) is 0. The lowest BCUT2D eigenvalue weighted by Crippen LogP contribution is -2.38. The van der Waals surface area contributed by atoms with Crippen LogP contribution in [0.25, 0.3) is 0 Å². The number of nitrogens with one attached hydrogen (secondary N) is 1. The van der Waals surface area contributed by atoms with Gasteiger partial charge in [-0.15, -0.1) is 12.6 Å². The first-order valence-corrected chi connectivity index (χ1v) is 3.96. The minimum atomic E-state index is -0.213. The summed E-state index contributed by atoms with van der Waals surface area (Å²) in [4.78, 5) is 0. The standard InChI is InChI=1S/C5H10N2OS2/c8-4-1-2-7(3-4)6-5(9)10/h4,8H,1-3H2,(H2,6,9,10)/t4-/m1/s1. The minimum Gasteiger partial charge on any atom is -0.392 e. The molecule has 58 valence electrons. The molecule has 0 saturated carbocycles. The molecule has 0 amide bonds. The molecule has 0 unspecified atom stereocenters. The molecule has 1 atom stereocenters. The van der Waals surface area contributed by atoms with Crippen molar-refractivity contribution in [3.8, 4) is 0 Å². The van der Waals surface area contributed by atoms with Crippen LogP contribution in [0.3, 0.4) is 0 Å². The fraction of sp³-hybridized carbons (Fsp3) is 0.800. The van der Waals surface area contributed by atoms with Crippen LogP contribution in [0.4, 0.5) is 0 Å². The highest BCUT2D eigenvalue weighted by atomic mass is 32.1. The number of thiocarbonyl (C=S) groups is 1. The molecule has 1 heterocycles. The van der Waals surface area contributed by atoms with Gasteiger partial charge in [-0.3, -0.25) is 0 Å². The third kappa shape index (κ3) is 2.42. The molecule has 0 aromatic heterocycles. The molecule has 1 aliphatic rings. The average molecular weight is 178 g/mol. The van der Waals surface area contributed by atoms with Crippen LogP contribution in [0.1, 0.15) is 6.42 Å².